The van der Waals surface area contributed by atoms with Crippen molar-refractivity contribution in [1.29, 1.82) is 0 Å². The highest BCUT2D eigenvalue weighted by Crippen LogP contribution is 2.24. The van der Waals surface area contributed by atoms with Crippen LogP contribution in [0.1, 0.15) is 0 Å². The van der Waals surface area contributed by atoms with Crippen LogP contribution in [-0.4, -0.2) is 85.0 Å². The Morgan fingerprint density at radius 3 is 2.25 bits per heavy atom. The molecule has 1 saturated heterocycles. The molecule has 6 nitrogen and oxygen atoms in total. The molecular formula is C9H19O6S+. The van der Waals surface area contributed by atoms with Crippen molar-refractivity contribution in [3.63, 3.8) is 0 Å². The third-order valence-corrected chi connectivity index (χ3v) is 5.61. The van der Waals surface area contributed by atoms with Gasteiger partial charge in [0.05, 0.1) is 13.2 Å². The number of rotatable bonds is 5. The van der Waals surface area contributed by atoms with Crippen LogP contribution >= 0.6 is 0 Å². The number of hydrogen-bond acceptors (Lipinski definition) is 6. The molecule has 1 aliphatic rings. The van der Waals surface area contributed by atoms with Crippen molar-refractivity contribution >= 4 is 10.9 Å². The Morgan fingerprint density at radius 2 is 1.75 bits per heavy atom. The first kappa shape index (κ1) is 14.2. The predicted octanol–water partition coefficient (Wildman–Crippen LogP) is -3.58. The van der Waals surface area contributed by atoms with E-state index in [0.717, 1.165) is 0 Å². The Bertz CT molecular complexity index is 216. The maximum absolute atomic E-state index is 9.54. The predicted molar refractivity (Wildman–Crippen MR) is 59.1 cm³/mol. The van der Waals surface area contributed by atoms with E-state index < -0.39 is 47.2 Å². The molecule has 1 aliphatic heterocycles. The minimum atomic E-state index is -1.22. The van der Waals surface area contributed by atoms with Gasteiger partial charge in [0.25, 0.3) is 0 Å². The van der Waals surface area contributed by atoms with E-state index in [2.05, 4.69) is 0 Å². The van der Waals surface area contributed by atoms with Crippen molar-refractivity contribution in [3.05, 3.63) is 0 Å². The van der Waals surface area contributed by atoms with Crippen LogP contribution in [0.25, 0.3) is 0 Å². The largest absolute Gasteiger partial charge is 0.394 e. The lowest BCUT2D eigenvalue weighted by Gasteiger charge is -2.17. The maximum atomic E-state index is 9.54. The smallest absolute Gasteiger partial charge is 0.169 e. The molecule has 96 valence electrons. The van der Waals surface area contributed by atoms with Crippen molar-refractivity contribution in [2.45, 2.75) is 29.7 Å². The summed E-state index contributed by atoms with van der Waals surface area (Å²) in [7, 11) is -0.549. The van der Waals surface area contributed by atoms with E-state index in [-0.39, 0.29) is 12.4 Å². The maximum Gasteiger partial charge on any atom is 0.169 e. The van der Waals surface area contributed by atoms with Gasteiger partial charge in [-0.15, -0.1) is 0 Å². The number of aliphatic hydroxyl groups is 6. The van der Waals surface area contributed by atoms with Crippen LogP contribution in [0.15, 0.2) is 0 Å². The van der Waals surface area contributed by atoms with Gasteiger partial charge in [0.2, 0.25) is 0 Å². The summed E-state index contributed by atoms with van der Waals surface area (Å²) in [5.74, 6) is 0.475. The monoisotopic (exact) mass is 255 g/mol. The van der Waals surface area contributed by atoms with Gasteiger partial charge < -0.3 is 30.6 Å². The highest BCUT2D eigenvalue weighted by molar-refractivity contribution is 7.97. The van der Waals surface area contributed by atoms with Crippen LogP contribution in [0.4, 0.5) is 0 Å². The SMILES string of the molecule is OC[C@@H]1[C@@H](O)[C@H](O)C[S+]1CC(O)[C@@H](O)CO. The molecule has 0 amide bonds. The van der Waals surface area contributed by atoms with Gasteiger partial charge in [0.15, 0.2) is 5.25 Å². The van der Waals surface area contributed by atoms with Crippen LogP contribution in [0.2, 0.25) is 0 Å². The van der Waals surface area contributed by atoms with Gasteiger partial charge in [0, 0.05) is 10.9 Å². The first-order chi connectivity index (χ1) is 7.51. The molecule has 16 heavy (non-hydrogen) atoms. The average molecular weight is 255 g/mol. The molecule has 6 N–H and O–H groups in total. The lowest BCUT2D eigenvalue weighted by molar-refractivity contribution is -0.00229. The van der Waals surface area contributed by atoms with E-state index in [1.807, 2.05) is 0 Å². The van der Waals surface area contributed by atoms with Gasteiger partial charge in [-0.25, -0.2) is 0 Å². The van der Waals surface area contributed by atoms with E-state index >= 15 is 0 Å². The average Bonchev–Trinajstić information content (AvgIpc) is 2.53. The summed E-state index contributed by atoms with van der Waals surface area (Å²) in [5.41, 5.74) is 0. The van der Waals surface area contributed by atoms with Crippen LogP contribution in [-0.2, 0) is 10.9 Å². The Balaban J connectivity index is 2.53. The van der Waals surface area contributed by atoms with Gasteiger partial charge in [-0.3, -0.25) is 0 Å². The molecule has 1 rings (SSSR count). The topological polar surface area (TPSA) is 121 Å². The fourth-order valence-electron chi connectivity index (χ4n) is 1.74. The molecule has 0 aromatic carbocycles. The highest BCUT2D eigenvalue weighted by atomic mass is 32.2. The fraction of sp³-hybridized carbons (Fsp3) is 1.00. The lowest BCUT2D eigenvalue weighted by Crippen LogP contribution is -2.40. The molecule has 2 unspecified atom stereocenters. The van der Waals surface area contributed by atoms with Crippen LogP contribution in [0, 0.1) is 0 Å². The Hall–Kier alpha value is 0.110. The Labute approximate surface area is 96.5 Å². The summed E-state index contributed by atoms with van der Waals surface area (Å²) < 4.78 is 0. The molecule has 0 aromatic heterocycles. The van der Waals surface area contributed by atoms with Gasteiger partial charge in [-0.1, -0.05) is 0 Å². The molecule has 0 aliphatic carbocycles. The summed E-state index contributed by atoms with van der Waals surface area (Å²) in [5, 5.41) is 54.9. The third kappa shape index (κ3) is 3.07. The second kappa shape index (κ2) is 6.15. The standard InChI is InChI=1S/C9H19O6S/c10-1-5(12)6(13)3-16-4-7(14)9(15)8(16)2-11/h5-15H,1-4H2/q+1/t5-,6?,7+,8+,9-,16?/m0/s1. The van der Waals surface area contributed by atoms with E-state index in [9.17, 15) is 20.4 Å². The zero-order chi connectivity index (χ0) is 12.3. The van der Waals surface area contributed by atoms with E-state index in [0.29, 0.717) is 5.75 Å². The molecule has 7 heteroatoms. The van der Waals surface area contributed by atoms with Gasteiger partial charge in [0.1, 0.15) is 35.9 Å². The fourth-order valence-corrected chi connectivity index (χ4v) is 4.46. The van der Waals surface area contributed by atoms with Gasteiger partial charge >= 0.3 is 0 Å². The van der Waals surface area contributed by atoms with Crippen molar-refractivity contribution in [2.75, 3.05) is 24.7 Å². The molecule has 1 fully saturated rings. The van der Waals surface area contributed by atoms with E-state index in [4.69, 9.17) is 10.2 Å². The van der Waals surface area contributed by atoms with E-state index in [1.165, 1.54) is 0 Å². The summed E-state index contributed by atoms with van der Waals surface area (Å²) in [6, 6.07) is 0. The Kier molecular flexibility index (Phi) is 5.45. The zero-order valence-corrected chi connectivity index (χ0v) is 9.62. The molecule has 0 saturated carbocycles. The third-order valence-electron chi connectivity index (χ3n) is 2.78. The molecule has 0 aromatic rings. The first-order valence-corrected chi connectivity index (χ1v) is 6.74. The minimum absolute atomic E-state index is 0.168. The summed E-state index contributed by atoms with van der Waals surface area (Å²) in [4.78, 5) is 0. The van der Waals surface area contributed by atoms with Crippen LogP contribution in [0.3, 0.4) is 0 Å². The van der Waals surface area contributed by atoms with Crippen molar-refractivity contribution in [2.24, 2.45) is 0 Å². The quantitative estimate of drug-likeness (QED) is 0.282. The lowest BCUT2D eigenvalue weighted by atomic mass is 10.2. The normalized spacial score (nSPS) is 38.6. The minimum Gasteiger partial charge on any atom is -0.394 e. The second-order valence-electron chi connectivity index (χ2n) is 3.97. The van der Waals surface area contributed by atoms with Crippen molar-refractivity contribution in [1.82, 2.24) is 0 Å². The molecular weight excluding hydrogens is 236 g/mol. The van der Waals surface area contributed by atoms with Crippen LogP contribution < -0.4 is 0 Å². The van der Waals surface area contributed by atoms with Crippen molar-refractivity contribution < 1.29 is 30.6 Å². The number of aliphatic hydroxyl groups excluding tert-OH is 6. The summed E-state index contributed by atoms with van der Waals surface area (Å²) >= 11 is 0. The second-order valence-corrected chi connectivity index (χ2v) is 6.31. The molecule has 0 radical (unpaired) electrons. The van der Waals surface area contributed by atoms with Gasteiger partial charge in [-0.05, 0) is 0 Å². The molecule has 1 heterocycles. The molecule has 0 bridgehead atoms. The van der Waals surface area contributed by atoms with Gasteiger partial charge in [-0.2, -0.15) is 0 Å². The van der Waals surface area contributed by atoms with Crippen molar-refractivity contribution in [3.8, 4) is 0 Å². The molecule has 6 atom stereocenters. The summed E-state index contributed by atoms with van der Waals surface area (Å²) in [6.07, 6.45) is -4.19. The van der Waals surface area contributed by atoms with E-state index in [1.54, 1.807) is 0 Å². The molecule has 0 spiro atoms. The Morgan fingerprint density at radius 1 is 1.12 bits per heavy atom. The summed E-state index contributed by atoms with van der Waals surface area (Å²) in [6.45, 7) is -0.795. The first-order valence-electron chi connectivity index (χ1n) is 5.11. The zero-order valence-electron chi connectivity index (χ0n) is 8.81. The van der Waals surface area contributed by atoms with Crippen LogP contribution in [0.5, 0.6) is 0 Å². The number of hydrogen-bond donors (Lipinski definition) is 6. The highest BCUT2D eigenvalue weighted by Gasteiger charge is 2.50.